The van der Waals surface area contributed by atoms with Crippen molar-refractivity contribution >= 4 is 23.2 Å². The first-order chi connectivity index (χ1) is 6.56. The van der Waals surface area contributed by atoms with Gasteiger partial charge in [-0.15, -0.1) is 0 Å². The van der Waals surface area contributed by atoms with E-state index in [1.54, 1.807) is 6.07 Å². The quantitative estimate of drug-likeness (QED) is 0.703. The standard InChI is InChI=1S/C11H12Cl2O/c1-7(2)11(6-14-11)9-4-3-8(12)5-10(9)13/h3-5,7H,6H2,1-2H3/t11-/m1/s1. The molecule has 1 aliphatic heterocycles. The highest BCUT2D eigenvalue weighted by Gasteiger charge is 2.50. The molecule has 0 N–H and O–H groups in total. The fourth-order valence-electron chi connectivity index (χ4n) is 1.71. The van der Waals surface area contributed by atoms with Crippen molar-refractivity contribution in [3.63, 3.8) is 0 Å². The summed E-state index contributed by atoms with van der Waals surface area (Å²) in [5.74, 6) is 0.432. The van der Waals surface area contributed by atoms with Crippen LogP contribution in [0, 0.1) is 5.92 Å². The SMILES string of the molecule is CC(C)[C@@]1(c2ccc(Cl)cc2Cl)CO1. The molecule has 76 valence electrons. The lowest BCUT2D eigenvalue weighted by Crippen LogP contribution is -2.17. The highest BCUT2D eigenvalue weighted by atomic mass is 35.5. The average molecular weight is 231 g/mol. The van der Waals surface area contributed by atoms with Crippen LogP contribution in [0.2, 0.25) is 10.0 Å². The van der Waals surface area contributed by atoms with Gasteiger partial charge in [0.05, 0.1) is 6.61 Å². The van der Waals surface area contributed by atoms with E-state index in [0.29, 0.717) is 16.0 Å². The number of halogens is 2. The minimum atomic E-state index is -0.165. The molecular weight excluding hydrogens is 219 g/mol. The van der Waals surface area contributed by atoms with Crippen molar-refractivity contribution in [2.45, 2.75) is 19.4 Å². The smallest absolute Gasteiger partial charge is 0.120 e. The number of ether oxygens (including phenoxy) is 1. The summed E-state index contributed by atoms with van der Waals surface area (Å²) in [5, 5.41) is 1.36. The van der Waals surface area contributed by atoms with E-state index in [4.69, 9.17) is 27.9 Å². The molecule has 1 saturated heterocycles. The maximum absolute atomic E-state index is 6.13. The lowest BCUT2D eigenvalue weighted by Gasteiger charge is -2.17. The molecule has 0 saturated carbocycles. The van der Waals surface area contributed by atoms with Crippen LogP contribution in [0.15, 0.2) is 18.2 Å². The summed E-state index contributed by atoms with van der Waals surface area (Å²) in [4.78, 5) is 0. The second kappa shape index (κ2) is 3.41. The van der Waals surface area contributed by atoms with Gasteiger partial charge in [0.15, 0.2) is 0 Å². The number of hydrogen-bond donors (Lipinski definition) is 0. The predicted octanol–water partition coefficient (Wildman–Crippen LogP) is 3.87. The molecule has 0 bridgehead atoms. The zero-order valence-corrected chi connectivity index (χ0v) is 9.69. The van der Waals surface area contributed by atoms with Gasteiger partial charge in [-0.2, -0.15) is 0 Å². The third-order valence-electron chi connectivity index (χ3n) is 2.78. The van der Waals surface area contributed by atoms with E-state index in [-0.39, 0.29) is 5.60 Å². The molecular formula is C11H12Cl2O. The maximum Gasteiger partial charge on any atom is 0.120 e. The largest absolute Gasteiger partial charge is 0.364 e. The normalized spacial score (nSPS) is 25.5. The van der Waals surface area contributed by atoms with Crippen LogP contribution in [0.5, 0.6) is 0 Å². The van der Waals surface area contributed by atoms with Gasteiger partial charge in [0.2, 0.25) is 0 Å². The van der Waals surface area contributed by atoms with Crippen LogP contribution < -0.4 is 0 Å². The first kappa shape index (κ1) is 10.3. The van der Waals surface area contributed by atoms with E-state index >= 15 is 0 Å². The Balaban J connectivity index is 2.42. The molecule has 2 rings (SSSR count). The number of hydrogen-bond acceptors (Lipinski definition) is 1. The van der Waals surface area contributed by atoms with Crippen molar-refractivity contribution in [1.29, 1.82) is 0 Å². The third-order valence-corrected chi connectivity index (χ3v) is 3.32. The Bertz CT molecular complexity index is 356. The Kier molecular flexibility index (Phi) is 2.50. The van der Waals surface area contributed by atoms with Crippen LogP contribution in [-0.2, 0) is 10.3 Å². The molecule has 1 heterocycles. The second-order valence-electron chi connectivity index (χ2n) is 3.96. The minimum Gasteiger partial charge on any atom is -0.364 e. The van der Waals surface area contributed by atoms with Gasteiger partial charge >= 0.3 is 0 Å². The molecule has 1 aromatic carbocycles. The van der Waals surface area contributed by atoms with E-state index in [2.05, 4.69) is 13.8 Å². The van der Waals surface area contributed by atoms with Crippen molar-refractivity contribution in [2.24, 2.45) is 5.92 Å². The maximum atomic E-state index is 6.13. The summed E-state index contributed by atoms with van der Waals surface area (Å²) >= 11 is 12.0. The molecule has 1 aromatic rings. The molecule has 0 amide bonds. The Morgan fingerprint density at radius 3 is 2.43 bits per heavy atom. The van der Waals surface area contributed by atoms with E-state index < -0.39 is 0 Å². The molecule has 1 fully saturated rings. The van der Waals surface area contributed by atoms with Gasteiger partial charge in [0, 0.05) is 15.6 Å². The lowest BCUT2D eigenvalue weighted by atomic mass is 9.89. The highest BCUT2D eigenvalue weighted by Crippen LogP contribution is 2.48. The molecule has 3 heteroatoms. The fourth-order valence-corrected chi connectivity index (χ4v) is 2.28. The van der Waals surface area contributed by atoms with Crippen LogP contribution >= 0.6 is 23.2 Å². The Morgan fingerprint density at radius 2 is 2.00 bits per heavy atom. The number of benzene rings is 1. The monoisotopic (exact) mass is 230 g/mol. The van der Waals surface area contributed by atoms with Crippen LogP contribution in [0.25, 0.3) is 0 Å². The molecule has 0 unspecified atom stereocenters. The van der Waals surface area contributed by atoms with Gasteiger partial charge in [0.25, 0.3) is 0 Å². The number of epoxide rings is 1. The van der Waals surface area contributed by atoms with Crippen molar-refractivity contribution in [3.8, 4) is 0 Å². The van der Waals surface area contributed by atoms with E-state index in [0.717, 1.165) is 12.2 Å². The van der Waals surface area contributed by atoms with Crippen molar-refractivity contribution in [3.05, 3.63) is 33.8 Å². The average Bonchev–Trinajstić information content (AvgIpc) is 2.84. The molecule has 1 nitrogen and oxygen atoms in total. The second-order valence-corrected chi connectivity index (χ2v) is 4.80. The lowest BCUT2D eigenvalue weighted by molar-refractivity contribution is 0.243. The van der Waals surface area contributed by atoms with Gasteiger partial charge < -0.3 is 4.74 Å². The van der Waals surface area contributed by atoms with Gasteiger partial charge in [-0.25, -0.2) is 0 Å². The molecule has 0 radical (unpaired) electrons. The van der Waals surface area contributed by atoms with Gasteiger partial charge in [-0.3, -0.25) is 0 Å². The van der Waals surface area contributed by atoms with Gasteiger partial charge in [0.1, 0.15) is 5.60 Å². The summed E-state index contributed by atoms with van der Waals surface area (Å²) in [6.07, 6.45) is 0. The molecule has 1 aliphatic rings. The zero-order chi connectivity index (χ0) is 10.3. The third kappa shape index (κ3) is 1.54. The summed E-state index contributed by atoms with van der Waals surface area (Å²) in [6, 6.07) is 5.58. The van der Waals surface area contributed by atoms with Crippen LogP contribution in [0.1, 0.15) is 19.4 Å². The van der Waals surface area contributed by atoms with Gasteiger partial charge in [-0.05, 0) is 18.1 Å². The van der Waals surface area contributed by atoms with Crippen molar-refractivity contribution < 1.29 is 4.74 Å². The Hall–Kier alpha value is -0.240. The predicted molar refractivity (Wildman–Crippen MR) is 58.9 cm³/mol. The van der Waals surface area contributed by atoms with E-state index in [1.807, 2.05) is 12.1 Å². The molecule has 1 atom stereocenters. The van der Waals surface area contributed by atoms with Crippen LogP contribution in [0.3, 0.4) is 0 Å². The minimum absolute atomic E-state index is 0.165. The van der Waals surface area contributed by atoms with Crippen molar-refractivity contribution in [2.75, 3.05) is 6.61 Å². The van der Waals surface area contributed by atoms with Crippen molar-refractivity contribution in [1.82, 2.24) is 0 Å². The summed E-state index contributed by atoms with van der Waals surface area (Å²) < 4.78 is 5.54. The molecule has 0 aliphatic carbocycles. The topological polar surface area (TPSA) is 12.5 Å². The Morgan fingerprint density at radius 1 is 1.36 bits per heavy atom. The first-order valence-corrected chi connectivity index (χ1v) is 5.41. The molecule has 0 aromatic heterocycles. The first-order valence-electron chi connectivity index (χ1n) is 4.66. The van der Waals surface area contributed by atoms with Gasteiger partial charge in [-0.1, -0.05) is 43.1 Å². The number of rotatable bonds is 2. The zero-order valence-electron chi connectivity index (χ0n) is 8.18. The summed E-state index contributed by atoms with van der Waals surface area (Å²) in [6.45, 7) is 5.03. The fraction of sp³-hybridized carbons (Fsp3) is 0.455. The Labute approximate surface area is 94.0 Å². The van der Waals surface area contributed by atoms with Crippen LogP contribution in [-0.4, -0.2) is 6.61 Å². The summed E-state index contributed by atoms with van der Waals surface area (Å²) in [5.41, 5.74) is 0.889. The highest BCUT2D eigenvalue weighted by molar-refractivity contribution is 6.35. The summed E-state index contributed by atoms with van der Waals surface area (Å²) in [7, 11) is 0. The molecule has 0 spiro atoms. The van der Waals surface area contributed by atoms with Crippen LogP contribution in [0.4, 0.5) is 0 Å². The van der Waals surface area contributed by atoms with E-state index in [9.17, 15) is 0 Å². The molecule has 14 heavy (non-hydrogen) atoms. The van der Waals surface area contributed by atoms with E-state index in [1.165, 1.54) is 0 Å².